The lowest BCUT2D eigenvalue weighted by molar-refractivity contribution is 0.123. The Morgan fingerprint density at radius 2 is 2.10 bits per heavy atom. The molecular formula is C18H29NO2. The Hall–Kier alpha value is -1.06. The average Bonchev–Trinajstić information content (AvgIpc) is 2.49. The van der Waals surface area contributed by atoms with Crippen molar-refractivity contribution in [2.45, 2.75) is 45.6 Å². The third-order valence-electron chi connectivity index (χ3n) is 4.16. The van der Waals surface area contributed by atoms with Crippen LogP contribution >= 0.6 is 0 Å². The zero-order valence-corrected chi connectivity index (χ0v) is 13.7. The summed E-state index contributed by atoms with van der Waals surface area (Å²) >= 11 is 0. The number of hydrogen-bond donors (Lipinski definition) is 1. The van der Waals surface area contributed by atoms with Gasteiger partial charge in [-0.05, 0) is 54.9 Å². The van der Waals surface area contributed by atoms with Crippen LogP contribution in [0.1, 0.15) is 37.8 Å². The number of fused-ring (bicyclic) bond motifs is 1. The van der Waals surface area contributed by atoms with Crippen LogP contribution in [0.5, 0.6) is 5.75 Å². The lowest BCUT2D eigenvalue weighted by Gasteiger charge is -2.26. The van der Waals surface area contributed by atoms with Gasteiger partial charge < -0.3 is 14.8 Å². The second-order valence-electron chi connectivity index (χ2n) is 6.32. The first kappa shape index (κ1) is 16.3. The molecule has 118 valence electrons. The standard InChI is InChI=1S/C18H29NO2/c1-14(2)8-10-21-11-9-19-17-6-4-15-5-7-18(20-3)13-16(15)12-17/h5,7,13-14,17,19H,4,6,8-12H2,1-3H3. The van der Waals surface area contributed by atoms with E-state index in [0.717, 1.165) is 50.7 Å². The predicted octanol–water partition coefficient (Wildman–Crippen LogP) is 3.20. The highest BCUT2D eigenvalue weighted by molar-refractivity contribution is 5.37. The van der Waals surface area contributed by atoms with Crippen LogP contribution in [0, 0.1) is 5.92 Å². The molecule has 0 aromatic heterocycles. The lowest BCUT2D eigenvalue weighted by Crippen LogP contribution is -2.36. The molecule has 2 rings (SSSR count). The Kier molecular flexibility index (Phi) is 6.52. The van der Waals surface area contributed by atoms with Crippen molar-refractivity contribution in [1.82, 2.24) is 5.32 Å². The van der Waals surface area contributed by atoms with Gasteiger partial charge in [0.05, 0.1) is 13.7 Å². The molecule has 1 atom stereocenters. The molecular weight excluding hydrogens is 262 g/mol. The average molecular weight is 291 g/mol. The van der Waals surface area contributed by atoms with Crippen LogP contribution in [-0.2, 0) is 17.6 Å². The summed E-state index contributed by atoms with van der Waals surface area (Å²) in [6.07, 6.45) is 4.62. The van der Waals surface area contributed by atoms with E-state index in [9.17, 15) is 0 Å². The highest BCUT2D eigenvalue weighted by Gasteiger charge is 2.18. The van der Waals surface area contributed by atoms with E-state index in [4.69, 9.17) is 9.47 Å². The monoisotopic (exact) mass is 291 g/mol. The molecule has 1 aromatic carbocycles. The fraction of sp³-hybridized carbons (Fsp3) is 0.667. The minimum Gasteiger partial charge on any atom is -0.497 e. The van der Waals surface area contributed by atoms with E-state index in [0.29, 0.717) is 6.04 Å². The van der Waals surface area contributed by atoms with Gasteiger partial charge in [0.2, 0.25) is 0 Å². The maximum Gasteiger partial charge on any atom is 0.119 e. The molecule has 0 aliphatic heterocycles. The molecule has 3 heteroatoms. The van der Waals surface area contributed by atoms with Crippen LogP contribution in [0.25, 0.3) is 0 Å². The lowest BCUT2D eigenvalue weighted by atomic mass is 9.88. The summed E-state index contributed by atoms with van der Waals surface area (Å²) in [5.74, 6) is 1.69. The number of benzene rings is 1. The van der Waals surface area contributed by atoms with E-state index in [1.165, 1.54) is 17.5 Å². The van der Waals surface area contributed by atoms with E-state index < -0.39 is 0 Å². The van der Waals surface area contributed by atoms with Gasteiger partial charge in [-0.2, -0.15) is 0 Å². The van der Waals surface area contributed by atoms with Crippen LogP contribution in [0.4, 0.5) is 0 Å². The first-order valence-electron chi connectivity index (χ1n) is 8.16. The second kappa shape index (κ2) is 8.40. The van der Waals surface area contributed by atoms with Crippen molar-refractivity contribution >= 4 is 0 Å². The summed E-state index contributed by atoms with van der Waals surface area (Å²) in [6.45, 7) is 7.10. The summed E-state index contributed by atoms with van der Waals surface area (Å²) in [5, 5.41) is 3.62. The summed E-state index contributed by atoms with van der Waals surface area (Å²) in [7, 11) is 1.73. The van der Waals surface area contributed by atoms with Crippen molar-refractivity contribution in [3.63, 3.8) is 0 Å². The van der Waals surface area contributed by atoms with Crippen molar-refractivity contribution in [2.24, 2.45) is 5.92 Å². The number of nitrogens with one attached hydrogen (secondary N) is 1. The molecule has 3 nitrogen and oxygen atoms in total. The first-order chi connectivity index (χ1) is 10.2. The molecule has 0 saturated carbocycles. The Bertz CT molecular complexity index is 431. The van der Waals surface area contributed by atoms with Crippen LogP contribution in [0.2, 0.25) is 0 Å². The summed E-state index contributed by atoms with van der Waals surface area (Å²) < 4.78 is 11.0. The number of ether oxygens (including phenoxy) is 2. The minimum absolute atomic E-state index is 0.568. The second-order valence-corrected chi connectivity index (χ2v) is 6.32. The smallest absolute Gasteiger partial charge is 0.119 e. The van der Waals surface area contributed by atoms with E-state index in [2.05, 4.69) is 37.4 Å². The molecule has 0 spiro atoms. The quantitative estimate of drug-likeness (QED) is 0.746. The van der Waals surface area contributed by atoms with Crippen molar-refractivity contribution in [3.8, 4) is 5.75 Å². The number of aryl methyl sites for hydroxylation is 1. The van der Waals surface area contributed by atoms with Gasteiger partial charge in [-0.15, -0.1) is 0 Å². The largest absolute Gasteiger partial charge is 0.497 e. The predicted molar refractivity (Wildman–Crippen MR) is 87.1 cm³/mol. The molecule has 0 amide bonds. The van der Waals surface area contributed by atoms with E-state index in [1.807, 2.05) is 0 Å². The molecule has 0 radical (unpaired) electrons. The zero-order chi connectivity index (χ0) is 15.1. The molecule has 1 N–H and O–H groups in total. The maximum absolute atomic E-state index is 5.66. The van der Waals surface area contributed by atoms with E-state index >= 15 is 0 Å². The normalized spacial score (nSPS) is 17.8. The van der Waals surface area contributed by atoms with Crippen LogP contribution in [-0.4, -0.2) is 32.9 Å². The SMILES string of the molecule is COc1ccc2c(c1)CC(NCCOCCC(C)C)CC2. The highest BCUT2D eigenvalue weighted by atomic mass is 16.5. The maximum atomic E-state index is 5.66. The third kappa shape index (κ3) is 5.33. The van der Waals surface area contributed by atoms with Gasteiger partial charge in [-0.25, -0.2) is 0 Å². The van der Waals surface area contributed by atoms with Gasteiger partial charge in [-0.1, -0.05) is 19.9 Å². The molecule has 1 aliphatic rings. The Balaban J connectivity index is 1.69. The number of methoxy groups -OCH3 is 1. The zero-order valence-electron chi connectivity index (χ0n) is 13.7. The van der Waals surface area contributed by atoms with Gasteiger partial charge in [0.1, 0.15) is 5.75 Å². The Morgan fingerprint density at radius 1 is 1.24 bits per heavy atom. The van der Waals surface area contributed by atoms with Crippen LogP contribution < -0.4 is 10.1 Å². The van der Waals surface area contributed by atoms with Gasteiger partial charge in [0.25, 0.3) is 0 Å². The summed E-state index contributed by atoms with van der Waals surface area (Å²) in [5.41, 5.74) is 2.90. The number of rotatable bonds is 8. The summed E-state index contributed by atoms with van der Waals surface area (Å²) in [6, 6.07) is 7.02. The Morgan fingerprint density at radius 3 is 2.86 bits per heavy atom. The molecule has 21 heavy (non-hydrogen) atoms. The van der Waals surface area contributed by atoms with Crippen molar-refractivity contribution < 1.29 is 9.47 Å². The fourth-order valence-electron chi connectivity index (χ4n) is 2.79. The minimum atomic E-state index is 0.568. The topological polar surface area (TPSA) is 30.5 Å². The molecule has 0 saturated heterocycles. The molecule has 1 aromatic rings. The van der Waals surface area contributed by atoms with Gasteiger partial charge >= 0.3 is 0 Å². The molecule has 0 fully saturated rings. The van der Waals surface area contributed by atoms with Crippen LogP contribution in [0.15, 0.2) is 18.2 Å². The summed E-state index contributed by atoms with van der Waals surface area (Å²) in [4.78, 5) is 0. The van der Waals surface area contributed by atoms with Crippen LogP contribution in [0.3, 0.4) is 0 Å². The van der Waals surface area contributed by atoms with Crippen molar-refractivity contribution in [3.05, 3.63) is 29.3 Å². The van der Waals surface area contributed by atoms with Crippen molar-refractivity contribution in [2.75, 3.05) is 26.9 Å². The van der Waals surface area contributed by atoms with Gasteiger partial charge in [-0.3, -0.25) is 0 Å². The first-order valence-corrected chi connectivity index (χ1v) is 8.16. The third-order valence-corrected chi connectivity index (χ3v) is 4.16. The van der Waals surface area contributed by atoms with E-state index in [-0.39, 0.29) is 0 Å². The number of hydrogen-bond acceptors (Lipinski definition) is 3. The molecule has 1 unspecified atom stereocenters. The molecule has 1 aliphatic carbocycles. The van der Waals surface area contributed by atoms with Gasteiger partial charge in [0.15, 0.2) is 0 Å². The van der Waals surface area contributed by atoms with Crippen molar-refractivity contribution in [1.29, 1.82) is 0 Å². The molecule has 0 bridgehead atoms. The fourth-order valence-corrected chi connectivity index (χ4v) is 2.79. The van der Waals surface area contributed by atoms with Gasteiger partial charge in [0, 0.05) is 19.2 Å². The molecule has 0 heterocycles. The highest BCUT2D eigenvalue weighted by Crippen LogP contribution is 2.25. The Labute approximate surface area is 129 Å². The van der Waals surface area contributed by atoms with E-state index in [1.54, 1.807) is 7.11 Å².